The van der Waals surface area contributed by atoms with Gasteiger partial charge in [-0.05, 0) is 25.0 Å². The Bertz CT molecular complexity index is 495. The van der Waals surface area contributed by atoms with Crippen LogP contribution in [0.4, 0.5) is 4.79 Å². The Balaban J connectivity index is 2.45. The van der Waals surface area contributed by atoms with E-state index in [0.29, 0.717) is 23.0 Å². The van der Waals surface area contributed by atoms with E-state index in [1.54, 1.807) is 25.1 Å². The first-order valence-electron chi connectivity index (χ1n) is 6.12. The lowest BCUT2D eigenvalue weighted by Gasteiger charge is -2.16. The predicted octanol–water partition coefficient (Wildman–Crippen LogP) is 3.22. The van der Waals surface area contributed by atoms with Gasteiger partial charge < -0.3 is 15.7 Å². The Morgan fingerprint density at radius 3 is 2.70 bits per heavy atom. The van der Waals surface area contributed by atoms with Gasteiger partial charge in [-0.15, -0.1) is 0 Å². The molecule has 2 amide bonds. The Labute approximate surface area is 127 Å². The molecule has 0 radical (unpaired) electrons. The van der Waals surface area contributed by atoms with Crippen LogP contribution in [-0.4, -0.2) is 23.7 Å². The Morgan fingerprint density at radius 1 is 1.35 bits per heavy atom. The van der Waals surface area contributed by atoms with E-state index in [1.165, 1.54) is 0 Å². The van der Waals surface area contributed by atoms with Gasteiger partial charge in [0.15, 0.2) is 0 Å². The molecule has 3 N–H and O–H groups in total. The normalized spacial score (nSPS) is 11.8. The van der Waals surface area contributed by atoms with Crippen molar-refractivity contribution in [3.8, 4) is 0 Å². The number of hydrogen-bond acceptors (Lipinski definition) is 2. The predicted molar refractivity (Wildman–Crippen MR) is 78.3 cm³/mol. The van der Waals surface area contributed by atoms with Crippen LogP contribution in [0.5, 0.6) is 0 Å². The highest BCUT2D eigenvalue weighted by molar-refractivity contribution is 6.42. The summed E-state index contributed by atoms with van der Waals surface area (Å²) in [6.45, 7) is 2.09. The van der Waals surface area contributed by atoms with Gasteiger partial charge in [-0.2, -0.15) is 0 Å². The van der Waals surface area contributed by atoms with E-state index in [0.717, 1.165) is 5.56 Å². The van der Waals surface area contributed by atoms with Crippen LogP contribution in [0, 0.1) is 0 Å². The number of amides is 2. The zero-order valence-electron chi connectivity index (χ0n) is 11.0. The summed E-state index contributed by atoms with van der Waals surface area (Å²) in [5.74, 6) is -0.883. The van der Waals surface area contributed by atoms with Crippen molar-refractivity contribution in [2.24, 2.45) is 0 Å². The second-order valence-electron chi connectivity index (χ2n) is 4.26. The van der Waals surface area contributed by atoms with E-state index < -0.39 is 5.97 Å². The van der Waals surface area contributed by atoms with Gasteiger partial charge in [0.25, 0.3) is 0 Å². The third-order valence-corrected chi connectivity index (χ3v) is 3.48. The first kappa shape index (κ1) is 16.6. The van der Waals surface area contributed by atoms with Gasteiger partial charge in [0, 0.05) is 13.0 Å². The Kier molecular flexibility index (Phi) is 6.61. The van der Waals surface area contributed by atoms with Crippen LogP contribution in [0.15, 0.2) is 18.2 Å². The summed E-state index contributed by atoms with van der Waals surface area (Å²) in [6, 6.07) is 4.53. The van der Waals surface area contributed by atoms with Crippen molar-refractivity contribution >= 4 is 35.2 Å². The van der Waals surface area contributed by atoms with Crippen LogP contribution in [0.1, 0.15) is 31.4 Å². The molecule has 110 valence electrons. The first-order chi connectivity index (χ1) is 9.41. The van der Waals surface area contributed by atoms with E-state index in [-0.39, 0.29) is 18.5 Å². The summed E-state index contributed by atoms with van der Waals surface area (Å²) in [5, 5.41) is 14.6. The van der Waals surface area contributed by atoms with Gasteiger partial charge in [0.1, 0.15) is 0 Å². The fourth-order valence-corrected chi connectivity index (χ4v) is 2.09. The third-order valence-electron chi connectivity index (χ3n) is 2.65. The zero-order valence-corrected chi connectivity index (χ0v) is 12.5. The average Bonchev–Trinajstić information content (AvgIpc) is 2.37. The van der Waals surface area contributed by atoms with Gasteiger partial charge in [-0.1, -0.05) is 35.3 Å². The number of urea groups is 1. The maximum Gasteiger partial charge on any atom is 0.315 e. The molecule has 0 saturated heterocycles. The molecule has 0 aliphatic rings. The van der Waals surface area contributed by atoms with Crippen molar-refractivity contribution in [2.45, 2.75) is 25.8 Å². The van der Waals surface area contributed by atoms with Crippen molar-refractivity contribution < 1.29 is 14.7 Å². The van der Waals surface area contributed by atoms with Crippen molar-refractivity contribution in [1.29, 1.82) is 0 Å². The second kappa shape index (κ2) is 7.97. The molecule has 1 unspecified atom stereocenters. The number of nitrogens with one attached hydrogen (secondary N) is 2. The molecular weight excluding hydrogens is 303 g/mol. The van der Waals surface area contributed by atoms with Crippen molar-refractivity contribution in [2.75, 3.05) is 6.54 Å². The fraction of sp³-hybridized carbons (Fsp3) is 0.385. The summed E-state index contributed by atoms with van der Waals surface area (Å²) in [6.07, 6.45) is 0.408. The molecule has 7 heteroatoms. The maximum atomic E-state index is 11.6. The van der Waals surface area contributed by atoms with E-state index in [1.807, 2.05) is 0 Å². The lowest BCUT2D eigenvalue weighted by atomic mass is 10.1. The summed E-state index contributed by atoms with van der Waals surface area (Å²) < 4.78 is 0. The van der Waals surface area contributed by atoms with Crippen LogP contribution < -0.4 is 10.6 Å². The quantitative estimate of drug-likeness (QED) is 0.705. The maximum absolute atomic E-state index is 11.6. The van der Waals surface area contributed by atoms with Crippen LogP contribution in [0.2, 0.25) is 10.0 Å². The third kappa shape index (κ3) is 5.27. The number of carboxylic acid groups (broad SMARTS) is 1. The topological polar surface area (TPSA) is 78.4 Å². The number of carboxylic acids is 1. The number of aliphatic carboxylic acids is 1. The minimum Gasteiger partial charge on any atom is -0.481 e. The number of hydrogen-bond donors (Lipinski definition) is 3. The average molecular weight is 319 g/mol. The Morgan fingerprint density at radius 2 is 2.05 bits per heavy atom. The molecule has 0 aliphatic heterocycles. The monoisotopic (exact) mass is 318 g/mol. The number of halogens is 2. The second-order valence-corrected chi connectivity index (χ2v) is 5.05. The number of rotatable bonds is 6. The molecule has 20 heavy (non-hydrogen) atoms. The summed E-state index contributed by atoms with van der Waals surface area (Å²) >= 11 is 12.0. The molecule has 0 bridgehead atoms. The van der Waals surface area contributed by atoms with E-state index in [9.17, 15) is 9.59 Å². The lowest BCUT2D eigenvalue weighted by molar-refractivity contribution is -0.137. The fourth-order valence-electron chi connectivity index (χ4n) is 1.62. The molecule has 0 heterocycles. The molecule has 1 aromatic rings. The SMILES string of the molecule is CC(NC(=O)NCCCC(=O)O)c1cccc(Cl)c1Cl. The summed E-state index contributed by atoms with van der Waals surface area (Å²) in [5.41, 5.74) is 0.722. The molecular formula is C13H16Cl2N2O3. The minimum absolute atomic E-state index is 0.0238. The van der Waals surface area contributed by atoms with Crippen LogP contribution >= 0.6 is 23.2 Å². The van der Waals surface area contributed by atoms with Gasteiger partial charge in [-0.3, -0.25) is 4.79 Å². The van der Waals surface area contributed by atoms with Gasteiger partial charge in [0.2, 0.25) is 0 Å². The molecule has 5 nitrogen and oxygen atoms in total. The Hall–Kier alpha value is -1.46. The highest BCUT2D eigenvalue weighted by atomic mass is 35.5. The van der Waals surface area contributed by atoms with Crippen molar-refractivity contribution in [3.05, 3.63) is 33.8 Å². The van der Waals surface area contributed by atoms with Crippen LogP contribution in [-0.2, 0) is 4.79 Å². The number of carbonyl (C=O) groups is 2. The van der Waals surface area contributed by atoms with E-state index in [4.69, 9.17) is 28.3 Å². The first-order valence-corrected chi connectivity index (χ1v) is 6.87. The molecule has 0 fully saturated rings. The van der Waals surface area contributed by atoms with Gasteiger partial charge in [-0.25, -0.2) is 4.79 Å². The molecule has 0 saturated carbocycles. The summed E-state index contributed by atoms with van der Waals surface area (Å²) in [4.78, 5) is 21.9. The largest absolute Gasteiger partial charge is 0.481 e. The minimum atomic E-state index is -0.883. The lowest BCUT2D eigenvalue weighted by Crippen LogP contribution is -2.37. The zero-order chi connectivity index (χ0) is 15.1. The van der Waals surface area contributed by atoms with Crippen LogP contribution in [0.25, 0.3) is 0 Å². The number of carbonyl (C=O) groups excluding carboxylic acids is 1. The van der Waals surface area contributed by atoms with Crippen molar-refractivity contribution in [1.82, 2.24) is 10.6 Å². The molecule has 0 aliphatic carbocycles. The van der Waals surface area contributed by atoms with Crippen molar-refractivity contribution in [3.63, 3.8) is 0 Å². The van der Waals surface area contributed by atoms with Crippen LogP contribution in [0.3, 0.4) is 0 Å². The standard InChI is InChI=1S/C13H16Cl2N2O3/c1-8(9-4-2-5-10(14)12(9)15)17-13(20)16-7-3-6-11(18)19/h2,4-5,8H,3,6-7H2,1H3,(H,18,19)(H2,16,17,20). The van der Waals surface area contributed by atoms with E-state index in [2.05, 4.69) is 10.6 Å². The van der Waals surface area contributed by atoms with Gasteiger partial charge in [0.05, 0.1) is 16.1 Å². The molecule has 1 rings (SSSR count). The highest BCUT2D eigenvalue weighted by Gasteiger charge is 2.13. The highest BCUT2D eigenvalue weighted by Crippen LogP contribution is 2.29. The number of benzene rings is 1. The molecule has 1 aromatic carbocycles. The van der Waals surface area contributed by atoms with Gasteiger partial charge >= 0.3 is 12.0 Å². The van der Waals surface area contributed by atoms with E-state index >= 15 is 0 Å². The molecule has 0 aromatic heterocycles. The summed E-state index contributed by atoms with van der Waals surface area (Å²) in [7, 11) is 0. The molecule has 1 atom stereocenters. The smallest absolute Gasteiger partial charge is 0.315 e. The molecule has 0 spiro atoms.